The SMILES string of the molecule is Cc1ccc(Cl)cc1N(C(C)C(=O)NCc1cccc(CN2CCCCC2)c1)S(C)(=O)=O. The zero-order valence-corrected chi connectivity index (χ0v) is 20.5. The number of carbonyl (C=O) groups is 1. The molecule has 0 spiro atoms. The third-order valence-electron chi connectivity index (χ3n) is 5.81. The monoisotopic (exact) mass is 477 g/mol. The van der Waals surface area contributed by atoms with Gasteiger partial charge >= 0.3 is 0 Å². The van der Waals surface area contributed by atoms with E-state index in [0.29, 0.717) is 17.3 Å². The number of aryl methyl sites for hydroxylation is 1. The number of hydrogen-bond acceptors (Lipinski definition) is 4. The predicted octanol–water partition coefficient (Wildman–Crippen LogP) is 4.11. The fraction of sp³-hybridized carbons (Fsp3) is 0.458. The molecule has 0 bridgehead atoms. The Balaban J connectivity index is 1.69. The van der Waals surface area contributed by atoms with Gasteiger partial charge in [-0.15, -0.1) is 0 Å². The van der Waals surface area contributed by atoms with Crippen LogP contribution in [0.3, 0.4) is 0 Å². The van der Waals surface area contributed by atoms with Crippen LogP contribution in [0.4, 0.5) is 5.69 Å². The number of anilines is 1. The highest BCUT2D eigenvalue weighted by Crippen LogP contribution is 2.28. The summed E-state index contributed by atoms with van der Waals surface area (Å²) in [5, 5.41) is 3.31. The van der Waals surface area contributed by atoms with Crippen molar-refractivity contribution in [3.8, 4) is 0 Å². The second kappa shape index (κ2) is 10.7. The van der Waals surface area contributed by atoms with Crippen LogP contribution in [0.15, 0.2) is 42.5 Å². The zero-order chi connectivity index (χ0) is 23.3. The van der Waals surface area contributed by atoms with Gasteiger partial charge in [0.1, 0.15) is 6.04 Å². The van der Waals surface area contributed by atoms with E-state index < -0.39 is 16.1 Å². The molecule has 1 amide bonds. The number of amides is 1. The summed E-state index contributed by atoms with van der Waals surface area (Å²) in [6.45, 7) is 6.88. The molecule has 6 nitrogen and oxygen atoms in total. The van der Waals surface area contributed by atoms with E-state index in [0.717, 1.165) is 41.3 Å². The molecule has 2 aromatic carbocycles. The number of nitrogens with zero attached hydrogens (tertiary/aromatic N) is 2. The zero-order valence-electron chi connectivity index (χ0n) is 19.0. The minimum Gasteiger partial charge on any atom is -0.350 e. The lowest BCUT2D eigenvalue weighted by Crippen LogP contribution is -2.48. The molecule has 1 heterocycles. The van der Waals surface area contributed by atoms with Gasteiger partial charge in [0.15, 0.2) is 0 Å². The van der Waals surface area contributed by atoms with Gasteiger partial charge in [0.05, 0.1) is 11.9 Å². The summed E-state index contributed by atoms with van der Waals surface area (Å²) in [5.41, 5.74) is 3.35. The molecule has 32 heavy (non-hydrogen) atoms. The normalized spacial score (nSPS) is 15.9. The molecule has 8 heteroatoms. The topological polar surface area (TPSA) is 69.7 Å². The Bertz CT molecular complexity index is 1050. The molecule has 3 rings (SSSR count). The van der Waals surface area contributed by atoms with Gasteiger partial charge in [0.2, 0.25) is 15.9 Å². The highest BCUT2D eigenvalue weighted by atomic mass is 35.5. The van der Waals surface area contributed by atoms with Crippen LogP contribution in [0.2, 0.25) is 5.02 Å². The Morgan fingerprint density at radius 3 is 2.50 bits per heavy atom. The van der Waals surface area contributed by atoms with E-state index in [1.165, 1.54) is 24.8 Å². The molecule has 2 aromatic rings. The number of halogens is 1. The van der Waals surface area contributed by atoms with E-state index in [1.807, 2.05) is 12.1 Å². The van der Waals surface area contributed by atoms with Crippen molar-refractivity contribution in [1.29, 1.82) is 0 Å². The first-order valence-corrected chi connectivity index (χ1v) is 13.2. The number of hydrogen-bond donors (Lipinski definition) is 1. The summed E-state index contributed by atoms with van der Waals surface area (Å²) in [6, 6.07) is 12.3. The summed E-state index contributed by atoms with van der Waals surface area (Å²) >= 11 is 6.10. The summed E-state index contributed by atoms with van der Waals surface area (Å²) in [7, 11) is -3.70. The lowest BCUT2D eigenvalue weighted by Gasteiger charge is -2.29. The van der Waals surface area contributed by atoms with Crippen molar-refractivity contribution in [1.82, 2.24) is 10.2 Å². The summed E-state index contributed by atoms with van der Waals surface area (Å²) in [4.78, 5) is 15.4. The van der Waals surface area contributed by atoms with Crippen molar-refractivity contribution in [3.63, 3.8) is 0 Å². The largest absolute Gasteiger partial charge is 0.350 e. The Labute approximate surface area is 196 Å². The Hall–Kier alpha value is -2.09. The third kappa shape index (κ3) is 6.47. The molecule has 1 unspecified atom stereocenters. The van der Waals surface area contributed by atoms with Crippen LogP contribution in [0.25, 0.3) is 0 Å². The average Bonchev–Trinajstić information content (AvgIpc) is 2.74. The van der Waals surface area contributed by atoms with Crippen molar-refractivity contribution in [2.75, 3.05) is 23.7 Å². The standard InChI is InChI=1S/C24H32ClN3O3S/c1-18-10-11-22(25)15-23(18)28(32(3,30)31)19(2)24(29)26-16-20-8-7-9-21(14-20)17-27-12-5-4-6-13-27/h7-11,14-15,19H,4-6,12-13,16-17H2,1-3H3,(H,26,29). The Morgan fingerprint density at radius 2 is 1.81 bits per heavy atom. The highest BCUT2D eigenvalue weighted by Gasteiger charge is 2.30. The van der Waals surface area contributed by atoms with Crippen LogP contribution in [0.5, 0.6) is 0 Å². The minimum absolute atomic E-state index is 0.336. The number of sulfonamides is 1. The molecule has 0 aromatic heterocycles. The lowest BCUT2D eigenvalue weighted by molar-refractivity contribution is -0.122. The number of likely N-dealkylation sites (tertiary alicyclic amines) is 1. The summed E-state index contributed by atoms with van der Waals surface area (Å²) < 4.78 is 26.2. The van der Waals surface area contributed by atoms with Gasteiger partial charge in [-0.1, -0.05) is 48.4 Å². The number of nitrogens with one attached hydrogen (secondary N) is 1. The molecule has 1 aliphatic rings. The van der Waals surface area contributed by atoms with E-state index in [2.05, 4.69) is 22.3 Å². The smallest absolute Gasteiger partial charge is 0.243 e. The fourth-order valence-electron chi connectivity index (χ4n) is 4.15. The molecule has 1 saturated heterocycles. The molecule has 0 radical (unpaired) electrons. The van der Waals surface area contributed by atoms with E-state index in [4.69, 9.17) is 11.6 Å². The van der Waals surface area contributed by atoms with E-state index in [-0.39, 0.29) is 5.91 Å². The van der Waals surface area contributed by atoms with Crippen LogP contribution in [0.1, 0.15) is 42.9 Å². The summed E-state index contributed by atoms with van der Waals surface area (Å²) in [5.74, 6) is -0.365. The Kier molecular flexibility index (Phi) is 8.20. The van der Waals surface area contributed by atoms with Crippen LogP contribution < -0.4 is 9.62 Å². The van der Waals surface area contributed by atoms with Crippen LogP contribution >= 0.6 is 11.6 Å². The fourth-order valence-corrected chi connectivity index (χ4v) is 5.54. The highest BCUT2D eigenvalue weighted by molar-refractivity contribution is 7.92. The van der Waals surface area contributed by atoms with Crippen LogP contribution in [0, 0.1) is 6.92 Å². The van der Waals surface area contributed by atoms with Crippen molar-refractivity contribution in [2.24, 2.45) is 0 Å². The lowest BCUT2D eigenvalue weighted by atomic mass is 10.1. The molecule has 0 aliphatic carbocycles. The van der Waals surface area contributed by atoms with Gasteiger partial charge < -0.3 is 5.32 Å². The van der Waals surface area contributed by atoms with E-state index in [1.54, 1.807) is 32.0 Å². The first-order chi connectivity index (χ1) is 15.1. The van der Waals surface area contributed by atoms with Crippen molar-refractivity contribution < 1.29 is 13.2 Å². The third-order valence-corrected chi connectivity index (χ3v) is 7.27. The minimum atomic E-state index is -3.70. The van der Waals surface area contributed by atoms with Crippen molar-refractivity contribution in [3.05, 3.63) is 64.2 Å². The van der Waals surface area contributed by atoms with Gasteiger partial charge in [-0.05, 0) is 68.6 Å². The molecule has 1 atom stereocenters. The number of benzene rings is 2. The maximum Gasteiger partial charge on any atom is 0.243 e. The van der Waals surface area contributed by atoms with Crippen LogP contribution in [-0.4, -0.2) is 44.6 Å². The maximum atomic E-state index is 12.9. The van der Waals surface area contributed by atoms with E-state index >= 15 is 0 Å². The van der Waals surface area contributed by atoms with Gasteiger partial charge in [-0.2, -0.15) is 0 Å². The van der Waals surface area contributed by atoms with Gasteiger partial charge in [-0.3, -0.25) is 14.0 Å². The van der Waals surface area contributed by atoms with E-state index in [9.17, 15) is 13.2 Å². The quantitative estimate of drug-likeness (QED) is 0.621. The first-order valence-electron chi connectivity index (χ1n) is 11.0. The number of carbonyl (C=O) groups excluding carboxylic acids is 1. The summed E-state index contributed by atoms with van der Waals surface area (Å²) in [6.07, 6.45) is 4.90. The molecular formula is C24H32ClN3O3S. The number of rotatable bonds is 8. The van der Waals surface area contributed by atoms with Crippen LogP contribution in [-0.2, 0) is 27.9 Å². The molecule has 0 saturated carbocycles. The molecule has 1 aliphatic heterocycles. The van der Waals surface area contributed by atoms with Gasteiger partial charge in [0.25, 0.3) is 0 Å². The van der Waals surface area contributed by atoms with Crippen molar-refractivity contribution >= 4 is 33.2 Å². The average molecular weight is 478 g/mol. The molecule has 1 fully saturated rings. The number of piperidine rings is 1. The predicted molar refractivity (Wildman–Crippen MR) is 130 cm³/mol. The van der Waals surface area contributed by atoms with Crippen molar-refractivity contribution in [2.45, 2.75) is 52.2 Å². The second-order valence-electron chi connectivity index (χ2n) is 8.54. The van der Waals surface area contributed by atoms with Gasteiger partial charge in [0, 0.05) is 18.1 Å². The van der Waals surface area contributed by atoms with Gasteiger partial charge in [-0.25, -0.2) is 8.42 Å². The molecular weight excluding hydrogens is 446 g/mol. The first kappa shape index (κ1) is 24.6. The molecule has 174 valence electrons. The Morgan fingerprint density at radius 1 is 1.12 bits per heavy atom. The molecule has 1 N–H and O–H groups in total. The maximum absolute atomic E-state index is 12.9. The second-order valence-corrected chi connectivity index (χ2v) is 10.8.